The van der Waals surface area contributed by atoms with E-state index in [1.807, 2.05) is 54.6 Å². The lowest BCUT2D eigenvalue weighted by Crippen LogP contribution is -2.63. The van der Waals surface area contributed by atoms with Crippen LogP contribution in [0.2, 0.25) is 5.02 Å². The van der Waals surface area contributed by atoms with E-state index in [2.05, 4.69) is 59.2 Å². The van der Waals surface area contributed by atoms with Crippen LogP contribution >= 0.6 is 23.4 Å². The summed E-state index contributed by atoms with van der Waals surface area (Å²) in [6.45, 7) is 8.23. The van der Waals surface area contributed by atoms with E-state index in [0.29, 0.717) is 29.2 Å². The van der Waals surface area contributed by atoms with Gasteiger partial charge in [-0.25, -0.2) is 8.42 Å². The van der Waals surface area contributed by atoms with Gasteiger partial charge in [-0.05, 0) is 106 Å². The summed E-state index contributed by atoms with van der Waals surface area (Å²) in [5, 5.41) is 9.68. The molecule has 1 aliphatic heterocycles. The first kappa shape index (κ1) is 38.7. The molecule has 1 saturated heterocycles. The number of hydrazine groups is 1. The SMILES string of the molecule is CC1(C)CC(NC(=O)C(=O)NNc2ccc(NS(=O)(=O)c3cccc(NC(=O)CSC(c4ccccc4)c4ccc(Cl)cc4)c3)cc2)CC(C)(C)N1. The predicted molar refractivity (Wildman–Crippen MR) is 209 cm³/mol. The summed E-state index contributed by atoms with van der Waals surface area (Å²) in [7, 11) is -4.02. The topological polar surface area (TPSA) is 158 Å². The fourth-order valence-electron chi connectivity index (χ4n) is 6.44. The van der Waals surface area contributed by atoms with E-state index in [1.165, 1.54) is 36.0 Å². The molecule has 4 aromatic carbocycles. The number of nitrogens with one attached hydrogen (secondary N) is 6. The molecule has 1 unspecified atom stereocenters. The first-order valence-corrected chi connectivity index (χ1v) is 19.6. The summed E-state index contributed by atoms with van der Waals surface area (Å²) in [6, 6.07) is 29.3. The summed E-state index contributed by atoms with van der Waals surface area (Å²) in [5.41, 5.74) is 7.76. The van der Waals surface area contributed by atoms with Crippen LogP contribution in [0.25, 0.3) is 0 Å². The Hall–Kier alpha value is -4.56. The third-order valence-electron chi connectivity index (χ3n) is 8.27. The van der Waals surface area contributed by atoms with Crippen molar-refractivity contribution in [3.05, 3.63) is 119 Å². The number of hydrogen-bond donors (Lipinski definition) is 6. The van der Waals surface area contributed by atoms with Crippen LogP contribution in [0.3, 0.4) is 0 Å². The third kappa shape index (κ3) is 11.0. The van der Waals surface area contributed by atoms with Crippen molar-refractivity contribution >= 4 is 68.2 Å². The molecule has 274 valence electrons. The molecule has 1 fully saturated rings. The molecule has 0 saturated carbocycles. The molecule has 3 amide bonds. The van der Waals surface area contributed by atoms with Gasteiger partial charge in [0, 0.05) is 33.5 Å². The average Bonchev–Trinajstić information content (AvgIpc) is 3.07. The zero-order valence-electron chi connectivity index (χ0n) is 29.3. The van der Waals surface area contributed by atoms with Gasteiger partial charge in [0.05, 0.1) is 21.6 Å². The van der Waals surface area contributed by atoms with Crippen molar-refractivity contribution in [2.75, 3.05) is 21.2 Å². The maximum atomic E-state index is 13.3. The summed E-state index contributed by atoms with van der Waals surface area (Å²) in [5.74, 6) is -1.75. The number of halogens is 1. The van der Waals surface area contributed by atoms with Crippen LogP contribution in [0.4, 0.5) is 17.1 Å². The van der Waals surface area contributed by atoms with Crippen LogP contribution in [-0.4, -0.2) is 49.0 Å². The smallest absolute Gasteiger partial charge is 0.327 e. The van der Waals surface area contributed by atoms with E-state index in [-0.39, 0.29) is 44.6 Å². The number of rotatable bonds is 12. The largest absolute Gasteiger partial charge is 0.345 e. The normalized spacial score (nSPS) is 15.9. The molecule has 14 heteroatoms. The Kier molecular flexibility index (Phi) is 12.2. The van der Waals surface area contributed by atoms with Gasteiger partial charge < -0.3 is 16.0 Å². The van der Waals surface area contributed by atoms with Crippen molar-refractivity contribution in [2.24, 2.45) is 0 Å². The molecule has 0 spiro atoms. The molecule has 5 rings (SSSR count). The second-order valence-corrected chi connectivity index (χ2v) is 17.2. The molecule has 4 aromatic rings. The average molecular weight is 763 g/mol. The Morgan fingerprint density at radius 3 is 2.06 bits per heavy atom. The Morgan fingerprint density at radius 2 is 1.40 bits per heavy atom. The van der Waals surface area contributed by atoms with Crippen molar-refractivity contribution in [2.45, 2.75) is 67.8 Å². The number of thioether (sulfide) groups is 1. The lowest BCUT2D eigenvalue weighted by molar-refractivity contribution is -0.139. The van der Waals surface area contributed by atoms with Crippen molar-refractivity contribution in [1.82, 2.24) is 16.1 Å². The molecular formula is C38H43ClN6O5S2. The molecule has 11 nitrogen and oxygen atoms in total. The van der Waals surface area contributed by atoms with E-state index in [1.54, 1.807) is 24.3 Å². The van der Waals surface area contributed by atoms with Gasteiger partial charge in [-0.15, -0.1) is 11.8 Å². The van der Waals surface area contributed by atoms with Gasteiger partial charge in [-0.3, -0.25) is 30.0 Å². The molecule has 0 aliphatic carbocycles. The van der Waals surface area contributed by atoms with Crippen molar-refractivity contribution in [3.8, 4) is 0 Å². The maximum absolute atomic E-state index is 13.3. The van der Waals surface area contributed by atoms with Crippen LogP contribution in [0.1, 0.15) is 56.9 Å². The van der Waals surface area contributed by atoms with Crippen LogP contribution in [0.15, 0.2) is 108 Å². The van der Waals surface area contributed by atoms with Crippen LogP contribution < -0.4 is 31.5 Å². The molecular weight excluding hydrogens is 720 g/mol. The van der Waals surface area contributed by atoms with E-state index < -0.39 is 21.8 Å². The highest BCUT2D eigenvalue weighted by Crippen LogP contribution is 2.36. The highest BCUT2D eigenvalue weighted by Gasteiger charge is 2.38. The summed E-state index contributed by atoms with van der Waals surface area (Å²) >= 11 is 7.55. The highest BCUT2D eigenvalue weighted by molar-refractivity contribution is 8.00. The van der Waals surface area contributed by atoms with Crippen molar-refractivity contribution in [1.29, 1.82) is 0 Å². The molecule has 1 aliphatic rings. The molecule has 52 heavy (non-hydrogen) atoms. The first-order chi connectivity index (χ1) is 24.6. The molecule has 1 atom stereocenters. The van der Waals surface area contributed by atoms with Gasteiger partial charge in [-0.2, -0.15) is 0 Å². The Morgan fingerprint density at radius 1 is 0.788 bits per heavy atom. The van der Waals surface area contributed by atoms with Crippen LogP contribution in [0, 0.1) is 0 Å². The lowest BCUT2D eigenvalue weighted by Gasteiger charge is -2.46. The molecule has 1 heterocycles. The standard InChI is InChI=1S/C38H43ClN6O5S2/c1-37(2)22-31(23-38(3,4)45-37)41-35(47)36(48)43-42-28-17-19-29(20-18-28)44-52(49,50)32-12-8-11-30(21-32)40-33(46)24-51-34(25-9-6-5-7-10-25)26-13-15-27(39)16-14-26/h5-21,31,34,42,44-45H,22-24H2,1-4H3,(H,40,46)(H,41,47)(H,43,48). The fraction of sp³-hybridized carbons (Fsp3) is 0.289. The van der Waals surface area contributed by atoms with Crippen molar-refractivity contribution in [3.63, 3.8) is 0 Å². The van der Waals surface area contributed by atoms with E-state index in [9.17, 15) is 22.8 Å². The maximum Gasteiger partial charge on any atom is 0.327 e. The molecule has 6 N–H and O–H groups in total. The minimum Gasteiger partial charge on any atom is -0.345 e. The summed E-state index contributed by atoms with van der Waals surface area (Å²) in [4.78, 5) is 38.0. The third-order valence-corrected chi connectivity index (χ3v) is 11.2. The number of carbonyl (C=O) groups excluding carboxylic acids is 3. The minimum atomic E-state index is -4.02. The number of sulfonamides is 1. The number of carbonyl (C=O) groups is 3. The second kappa shape index (κ2) is 16.4. The van der Waals surface area contributed by atoms with Crippen LogP contribution in [-0.2, 0) is 24.4 Å². The zero-order chi connectivity index (χ0) is 37.5. The van der Waals surface area contributed by atoms with Gasteiger partial charge in [-0.1, -0.05) is 60.1 Å². The van der Waals surface area contributed by atoms with Crippen molar-refractivity contribution < 1.29 is 22.8 Å². The lowest BCUT2D eigenvalue weighted by atomic mass is 9.79. The molecule has 0 bridgehead atoms. The van der Waals surface area contributed by atoms with E-state index >= 15 is 0 Å². The fourth-order valence-corrected chi connectivity index (χ4v) is 8.76. The van der Waals surface area contributed by atoms with Gasteiger partial charge in [0.2, 0.25) is 5.91 Å². The van der Waals surface area contributed by atoms with Gasteiger partial charge in [0.15, 0.2) is 0 Å². The monoisotopic (exact) mass is 762 g/mol. The van der Waals surface area contributed by atoms with E-state index in [0.717, 1.165) is 11.1 Å². The number of benzene rings is 4. The summed E-state index contributed by atoms with van der Waals surface area (Å²) in [6.07, 6.45) is 1.36. The second-order valence-electron chi connectivity index (χ2n) is 14.0. The highest BCUT2D eigenvalue weighted by atomic mass is 35.5. The van der Waals surface area contributed by atoms with E-state index in [4.69, 9.17) is 11.6 Å². The van der Waals surface area contributed by atoms with Gasteiger partial charge in [0.25, 0.3) is 10.0 Å². The first-order valence-electron chi connectivity index (χ1n) is 16.7. The number of anilines is 3. The number of hydrogen-bond acceptors (Lipinski definition) is 8. The van der Waals surface area contributed by atoms with Gasteiger partial charge >= 0.3 is 11.8 Å². The Labute approximate surface area is 314 Å². The minimum absolute atomic E-state index is 0.0396. The number of piperidine rings is 1. The molecule has 0 aromatic heterocycles. The van der Waals surface area contributed by atoms with Gasteiger partial charge in [0.1, 0.15) is 0 Å². The predicted octanol–water partition coefficient (Wildman–Crippen LogP) is 6.47. The molecule has 0 radical (unpaired) electrons. The zero-order valence-corrected chi connectivity index (χ0v) is 31.7. The quantitative estimate of drug-likeness (QED) is 0.0709. The van der Waals surface area contributed by atoms with Crippen LogP contribution in [0.5, 0.6) is 0 Å². The Bertz CT molecular complexity index is 1980. The Balaban J connectivity index is 1.13. The summed E-state index contributed by atoms with van der Waals surface area (Å²) < 4.78 is 29.0. The number of amides is 3.